The molecule has 0 fully saturated rings. The second-order valence-corrected chi connectivity index (χ2v) is 6.71. The topological polar surface area (TPSA) is 66.0 Å². The number of ether oxygens (including phenoxy) is 1. The number of para-hydroxylation sites is 1. The summed E-state index contributed by atoms with van der Waals surface area (Å²) in [6.45, 7) is 7.21. The van der Waals surface area contributed by atoms with Gasteiger partial charge in [0.1, 0.15) is 11.4 Å². The minimum Gasteiger partial charge on any atom is -0.488 e. The van der Waals surface area contributed by atoms with Crippen molar-refractivity contribution in [1.82, 2.24) is 15.5 Å². The second-order valence-electron chi connectivity index (χ2n) is 6.71. The van der Waals surface area contributed by atoms with Crippen LogP contribution in [0, 0.1) is 0 Å². The summed E-state index contributed by atoms with van der Waals surface area (Å²) >= 11 is 0. The largest absolute Gasteiger partial charge is 0.488 e. The van der Waals surface area contributed by atoms with E-state index in [0.717, 1.165) is 11.3 Å². The Morgan fingerprint density at radius 3 is 2.40 bits per heavy atom. The molecule has 0 atom stereocenters. The van der Waals surface area contributed by atoms with E-state index in [1.807, 2.05) is 45.0 Å². The molecule has 6 nitrogen and oxygen atoms in total. The van der Waals surface area contributed by atoms with Crippen molar-refractivity contribution >= 4 is 35.8 Å². The summed E-state index contributed by atoms with van der Waals surface area (Å²) in [6, 6.07) is 7.94. The number of halogens is 1. The summed E-state index contributed by atoms with van der Waals surface area (Å²) in [5.74, 6) is 1.60. The molecule has 0 unspecified atom stereocenters. The van der Waals surface area contributed by atoms with Gasteiger partial charge in [0.2, 0.25) is 5.91 Å². The van der Waals surface area contributed by atoms with E-state index in [1.165, 1.54) is 0 Å². The first-order valence-corrected chi connectivity index (χ1v) is 8.14. The summed E-state index contributed by atoms with van der Waals surface area (Å²) in [5, 5.41) is 6.39. The van der Waals surface area contributed by atoms with E-state index in [2.05, 4.69) is 15.6 Å². The number of aliphatic imine (C=N–C) groups is 1. The van der Waals surface area contributed by atoms with Gasteiger partial charge < -0.3 is 20.3 Å². The number of nitrogens with zero attached hydrogens (tertiary/aromatic N) is 2. The maximum absolute atomic E-state index is 11.6. The highest BCUT2D eigenvalue weighted by molar-refractivity contribution is 14.0. The van der Waals surface area contributed by atoms with Gasteiger partial charge in [-0.2, -0.15) is 0 Å². The van der Waals surface area contributed by atoms with Crippen LogP contribution in [0.15, 0.2) is 29.3 Å². The molecule has 142 valence electrons. The van der Waals surface area contributed by atoms with Gasteiger partial charge in [-0.25, -0.2) is 0 Å². The Morgan fingerprint density at radius 2 is 1.84 bits per heavy atom. The van der Waals surface area contributed by atoms with Gasteiger partial charge in [0, 0.05) is 46.2 Å². The molecule has 0 saturated carbocycles. The molecule has 1 aromatic carbocycles. The summed E-state index contributed by atoms with van der Waals surface area (Å²) in [5.41, 5.74) is 0.808. The number of amides is 1. The smallest absolute Gasteiger partial charge is 0.223 e. The van der Waals surface area contributed by atoms with E-state index in [1.54, 1.807) is 26.0 Å². The van der Waals surface area contributed by atoms with Crippen molar-refractivity contribution < 1.29 is 9.53 Å². The van der Waals surface area contributed by atoms with Crippen LogP contribution < -0.4 is 15.4 Å². The lowest BCUT2D eigenvalue weighted by molar-refractivity contribution is -0.128. The van der Waals surface area contributed by atoms with Gasteiger partial charge >= 0.3 is 0 Å². The molecule has 1 aromatic rings. The lowest BCUT2D eigenvalue weighted by Gasteiger charge is -2.23. The third kappa shape index (κ3) is 9.52. The average molecular weight is 462 g/mol. The first kappa shape index (κ1) is 23.5. The van der Waals surface area contributed by atoms with E-state index in [4.69, 9.17) is 4.74 Å². The van der Waals surface area contributed by atoms with Gasteiger partial charge in [0.25, 0.3) is 0 Å². The molecule has 0 aliphatic carbocycles. The molecule has 7 heteroatoms. The van der Waals surface area contributed by atoms with Crippen molar-refractivity contribution in [3.05, 3.63) is 29.8 Å². The molecule has 25 heavy (non-hydrogen) atoms. The van der Waals surface area contributed by atoms with Crippen molar-refractivity contribution in [3.63, 3.8) is 0 Å². The van der Waals surface area contributed by atoms with Crippen LogP contribution in [0.4, 0.5) is 0 Å². The Morgan fingerprint density at radius 1 is 1.20 bits per heavy atom. The van der Waals surface area contributed by atoms with Crippen molar-refractivity contribution in [3.8, 4) is 5.75 Å². The Kier molecular flexibility index (Phi) is 10.5. The third-order valence-electron chi connectivity index (χ3n) is 3.19. The molecule has 0 radical (unpaired) electrons. The van der Waals surface area contributed by atoms with Gasteiger partial charge in [-0.15, -0.1) is 24.0 Å². The van der Waals surface area contributed by atoms with Gasteiger partial charge in [0.15, 0.2) is 5.96 Å². The Hall–Kier alpha value is -1.51. The fourth-order valence-electron chi connectivity index (χ4n) is 1.99. The highest BCUT2D eigenvalue weighted by Crippen LogP contribution is 2.22. The van der Waals surface area contributed by atoms with E-state index in [9.17, 15) is 4.79 Å². The minimum absolute atomic E-state index is 0. The Balaban J connectivity index is 0.00000576. The van der Waals surface area contributed by atoms with Crippen molar-refractivity contribution in [2.45, 2.75) is 39.3 Å². The molecule has 0 saturated heterocycles. The second kappa shape index (κ2) is 11.2. The summed E-state index contributed by atoms with van der Waals surface area (Å²) < 4.78 is 5.99. The monoisotopic (exact) mass is 462 g/mol. The molecule has 0 aromatic heterocycles. The highest BCUT2D eigenvalue weighted by Gasteiger charge is 2.14. The number of hydrogen-bond donors (Lipinski definition) is 2. The lowest BCUT2D eigenvalue weighted by Crippen LogP contribution is -2.39. The maximum Gasteiger partial charge on any atom is 0.223 e. The standard InChI is InChI=1S/C18H30N4O2.HI/c1-18(2,3)24-15-10-8-7-9-14(15)13-21-17(19-4)20-12-11-16(23)22(5)6;/h7-10H,11-13H2,1-6H3,(H2,19,20,21);1H. The molecule has 1 rings (SSSR count). The molecule has 2 N–H and O–H groups in total. The van der Waals surface area contributed by atoms with Gasteiger partial charge in [-0.05, 0) is 26.8 Å². The molecule has 1 amide bonds. The van der Waals surface area contributed by atoms with Crippen LogP contribution in [0.3, 0.4) is 0 Å². The minimum atomic E-state index is -0.247. The van der Waals surface area contributed by atoms with Crippen LogP contribution in [0.2, 0.25) is 0 Å². The van der Waals surface area contributed by atoms with Gasteiger partial charge in [-0.1, -0.05) is 18.2 Å². The van der Waals surface area contributed by atoms with Crippen LogP contribution in [-0.4, -0.2) is 50.1 Å². The zero-order valence-electron chi connectivity index (χ0n) is 16.0. The predicted molar refractivity (Wildman–Crippen MR) is 114 cm³/mol. The van der Waals surface area contributed by atoms with Crippen molar-refractivity contribution in [1.29, 1.82) is 0 Å². The van der Waals surface area contributed by atoms with Crippen LogP contribution in [-0.2, 0) is 11.3 Å². The predicted octanol–water partition coefficient (Wildman–Crippen LogP) is 2.63. The third-order valence-corrected chi connectivity index (χ3v) is 3.19. The zero-order valence-corrected chi connectivity index (χ0v) is 18.4. The molecule has 0 spiro atoms. The van der Waals surface area contributed by atoms with Gasteiger partial charge in [0.05, 0.1) is 0 Å². The number of carbonyl (C=O) groups is 1. The number of nitrogens with one attached hydrogen (secondary N) is 2. The number of guanidine groups is 1. The van der Waals surface area contributed by atoms with E-state index >= 15 is 0 Å². The van der Waals surface area contributed by atoms with Gasteiger partial charge in [-0.3, -0.25) is 9.79 Å². The molecule has 0 aliphatic rings. The fourth-order valence-corrected chi connectivity index (χ4v) is 1.99. The zero-order chi connectivity index (χ0) is 18.2. The van der Waals surface area contributed by atoms with Crippen molar-refractivity contribution in [2.24, 2.45) is 4.99 Å². The molecular formula is C18H31IN4O2. The quantitative estimate of drug-likeness (QED) is 0.388. The SMILES string of the molecule is CN=C(NCCC(=O)N(C)C)NCc1ccccc1OC(C)(C)C.I. The molecule has 0 aliphatic heterocycles. The van der Waals surface area contributed by atoms with E-state index in [-0.39, 0.29) is 35.5 Å². The first-order chi connectivity index (χ1) is 11.2. The summed E-state index contributed by atoms with van der Waals surface area (Å²) in [7, 11) is 5.21. The summed E-state index contributed by atoms with van der Waals surface area (Å²) in [4.78, 5) is 17.3. The Labute approximate surface area is 168 Å². The number of benzene rings is 1. The lowest BCUT2D eigenvalue weighted by atomic mass is 10.1. The normalized spacial score (nSPS) is 11.4. The van der Waals surface area contributed by atoms with Crippen LogP contribution in [0.1, 0.15) is 32.8 Å². The average Bonchev–Trinajstić information content (AvgIpc) is 2.50. The fraction of sp³-hybridized carbons (Fsp3) is 0.556. The Bertz CT molecular complexity index is 568. The maximum atomic E-state index is 11.6. The highest BCUT2D eigenvalue weighted by atomic mass is 127. The van der Waals surface area contributed by atoms with Crippen LogP contribution in [0.5, 0.6) is 5.75 Å². The van der Waals surface area contributed by atoms with Crippen LogP contribution in [0.25, 0.3) is 0 Å². The first-order valence-electron chi connectivity index (χ1n) is 8.14. The van der Waals surface area contributed by atoms with Crippen LogP contribution >= 0.6 is 24.0 Å². The van der Waals surface area contributed by atoms with E-state index in [0.29, 0.717) is 25.5 Å². The number of carbonyl (C=O) groups excluding carboxylic acids is 1. The van der Waals surface area contributed by atoms with E-state index < -0.39 is 0 Å². The number of rotatable bonds is 6. The molecule has 0 bridgehead atoms. The molecule has 0 heterocycles. The summed E-state index contributed by atoms with van der Waals surface area (Å²) in [6.07, 6.45) is 0.428. The number of hydrogen-bond acceptors (Lipinski definition) is 3. The van der Waals surface area contributed by atoms with Crippen molar-refractivity contribution in [2.75, 3.05) is 27.7 Å². The molecular weight excluding hydrogens is 431 g/mol.